The van der Waals surface area contributed by atoms with Gasteiger partial charge in [-0.15, -0.1) is 0 Å². The number of nitrogens with two attached hydrogens (primary N) is 1. The van der Waals surface area contributed by atoms with Gasteiger partial charge < -0.3 is 37.1 Å². The van der Waals surface area contributed by atoms with E-state index in [0.29, 0.717) is 54.5 Å². The maximum absolute atomic E-state index is 12.8. The normalized spacial score (nSPS) is 12.8. The van der Waals surface area contributed by atoms with Crippen molar-refractivity contribution < 1.29 is 37.1 Å². The maximum atomic E-state index is 12.8. The number of nitrogens with one attached hydrogen (secondary N) is 5. The molecule has 0 saturated carbocycles. The molecule has 1 atom stereocenters. The summed E-state index contributed by atoms with van der Waals surface area (Å²) in [6.45, 7) is 10.5. The first-order valence-electron chi connectivity index (χ1n) is 17.7. The molecule has 0 saturated heterocycles. The Hall–Kier alpha value is -5.87. The summed E-state index contributed by atoms with van der Waals surface area (Å²) in [7, 11) is 1.71. The van der Waals surface area contributed by atoms with E-state index in [4.69, 9.17) is 10.5 Å². The Morgan fingerprint density at radius 1 is 0.911 bits per heavy atom. The molecule has 0 bridgehead atoms. The molecule has 3 aromatic rings. The minimum absolute atomic E-state index is 0.0145. The first kappa shape index (κ1) is 46.3. The van der Waals surface area contributed by atoms with Crippen molar-refractivity contribution in [1.82, 2.24) is 15.3 Å². The number of anilines is 5. The van der Waals surface area contributed by atoms with Crippen LogP contribution in [0.3, 0.4) is 0 Å². The van der Waals surface area contributed by atoms with E-state index in [1.54, 1.807) is 43.5 Å². The second kappa shape index (κ2) is 23.1. The highest BCUT2D eigenvalue weighted by molar-refractivity contribution is 6.06. The molecule has 13 nitrogen and oxygen atoms in total. The fourth-order valence-corrected chi connectivity index (χ4v) is 4.38. The van der Waals surface area contributed by atoms with Crippen LogP contribution in [0.5, 0.6) is 0 Å². The van der Waals surface area contributed by atoms with Gasteiger partial charge in [-0.05, 0) is 114 Å². The number of hydrogen-bond acceptors (Lipinski definition) is 9. The summed E-state index contributed by atoms with van der Waals surface area (Å²) >= 11 is 0. The van der Waals surface area contributed by atoms with Crippen LogP contribution in [0.15, 0.2) is 90.3 Å². The quantitative estimate of drug-likeness (QED) is 0.0738. The first-order chi connectivity index (χ1) is 26.4. The third kappa shape index (κ3) is 18.0. The number of aromatic nitrogens is 2. The van der Waals surface area contributed by atoms with Crippen molar-refractivity contribution in [2.24, 2.45) is 5.73 Å². The molecule has 1 aliphatic carbocycles. The number of halogens is 3. The topological polar surface area (TPSA) is 189 Å². The van der Waals surface area contributed by atoms with Crippen LogP contribution in [-0.4, -0.2) is 66.1 Å². The number of ether oxygens (including phenoxy) is 1. The van der Waals surface area contributed by atoms with Crippen LogP contribution in [0, 0.1) is 13.8 Å². The van der Waals surface area contributed by atoms with Crippen LogP contribution in [0.1, 0.15) is 57.6 Å². The maximum Gasteiger partial charge on any atom is 0.413 e. The third-order valence-electron chi connectivity index (χ3n) is 7.85. The number of methoxy groups -OCH3 is 1. The van der Waals surface area contributed by atoms with Gasteiger partial charge in [-0.25, -0.2) is 9.97 Å². The predicted octanol–water partition coefficient (Wildman–Crippen LogP) is 7.02. The van der Waals surface area contributed by atoms with Gasteiger partial charge >= 0.3 is 6.18 Å². The number of carbonyl (C=O) groups is 4. The fourth-order valence-electron chi connectivity index (χ4n) is 4.38. The van der Waals surface area contributed by atoms with Gasteiger partial charge in [0.05, 0.1) is 29.7 Å². The summed E-state index contributed by atoms with van der Waals surface area (Å²) in [6, 6.07) is 11.8. The van der Waals surface area contributed by atoms with Crippen molar-refractivity contribution in [1.29, 1.82) is 0 Å². The van der Waals surface area contributed by atoms with Gasteiger partial charge in [-0.3, -0.25) is 19.2 Å². The summed E-state index contributed by atoms with van der Waals surface area (Å²) in [6.07, 6.45) is 6.63. The van der Waals surface area contributed by atoms with E-state index in [0.717, 1.165) is 30.0 Å². The van der Waals surface area contributed by atoms with Crippen LogP contribution < -0.4 is 32.3 Å². The molecule has 1 heterocycles. The van der Waals surface area contributed by atoms with E-state index >= 15 is 0 Å². The Labute approximate surface area is 325 Å². The van der Waals surface area contributed by atoms with E-state index in [-0.39, 0.29) is 23.5 Å². The molecule has 56 heavy (non-hydrogen) atoms. The number of alkyl halides is 3. The molecule has 7 N–H and O–H groups in total. The lowest BCUT2D eigenvalue weighted by Gasteiger charge is -2.14. The number of rotatable bonds is 14. The van der Waals surface area contributed by atoms with E-state index in [1.807, 2.05) is 40.7 Å². The molecule has 4 rings (SSSR count). The predicted molar refractivity (Wildman–Crippen MR) is 213 cm³/mol. The van der Waals surface area contributed by atoms with Crippen LogP contribution in [0.25, 0.3) is 0 Å². The van der Waals surface area contributed by atoms with Crippen molar-refractivity contribution in [2.45, 2.75) is 78.1 Å². The average Bonchev–Trinajstić information content (AvgIpc) is 3.42. The summed E-state index contributed by atoms with van der Waals surface area (Å²) < 4.78 is 43.4. The molecule has 1 aliphatic rings. The highest BCUT2D eigenvalue weighted by Gasteiger charge is 2.33. The van der Waals surface area contributed by atoms with Crippen molar-refractivity contribution in [3.05, 3.63) is 101 Å². The van der Waals surface area contributed by atoms with Gasteiger partial charge in [-0.1, -0.05) is 24.3 Å². The number of hydrogen-bond donors (Lipinski definition) is 6. The fraction of sp³-hybridized carbons (Fsp3) is 0.350. The summed E-state index contributed by atoms with van der Waals surface area (Å²) in [5.74, 6) is -0.488. The van der Waals surface area contributed by atoms with Crippen LogP contribution >= 0.6 is 0 Å². The third-order valence-corrected chi connectivity index (χ3v) is 7.85. The Kier molecular flexibility index (Phi) is 19.1. The highest BCUT2D eigenvalue weighted by atomic mass is 19.4. The summed E-state index contributed by atoms with van der Waals surface area (Å²) in [5, 5.41) is 13.4. The number of carbonyl (C=O) groups excluding carboxylic acids is 4. The average molecular weight is 781 g/mol. The van der Waals surface area contributed by atoms with Crippen molar-refractivity contribution in [3.63, 3.8) is 0 Å². The summed E-state index contributed by atoms with van der Waals surface area (Å²) in [5.41, 5.74) is 9.60. The number of aryl methyl sites for hydroxylation is 2. The number of benzene rings is 2. The molecule has 0 fully saturated rings. The van der Waals surface area contributed by atoms with Crippen LogP contribution in [0.2, 0.25) is 0 Å². The first-order valence-corrected chi connectivity index (χ1v) is 17.7. The largest absolute Gasteiger partial charge is 0.413 e. The van der Waals surface area contributed by atoms with Gasteiger partial charge in [0, 0.05) is 41.9 Å². The second-order valence-electron chi connectivity index (χ2n) is 13.4. The zero-order valence-electron chi connectivity index (χ0n) is 32.4. The molecular weight excluding hydrogens is 729 g/mol. The lowest BCUT2D eigenvalue weighted by atomic mass is 10.1. The molecule has 4 amide bonds. The minimum atomic E-state index is -4.44. The number of nitrogens with zero attached hydrogens (tertiary/aromatic N) is 2. The molecule has 0 radical (unpaired) electrons. The zero-order valence-corrected chi connectivity index (χ0v) is 32.4. The summed E-state index contributed by atoms with van der Waals surface area (Å²) in [4.78, 5) is 53.1. The standard InChI is InChI=1S/C18H23N7O3.C17H16F3NO.C5H12O/c19-16(6-1-2-7-20-11-26)17(28)24-13-4-3-5-14(8-13)25-18-21-9-15(10-22-18)23-12-27;1-11-7-8-15(9-12(11)2)21-16(22)13-5-3-4-6-14(10-13)17(18,19)20;1-5(2,3)6-4/h3-5,8-12,16H,1-2,6-7,19H2,(H,20,26)(H,23,27)(H,24,28)(H,21,22,25);3-5,7-10H,6H2,1-2H3,(H,21,22);1-4H3/t16-;;/m0../s1. The van der Waals surface area contributed by atoms with E-state index in [9.17, 15) is 32.3 Å². The van der Waals surface area contributed by atoms with Crippen molar-refractivity contribution in [2.75, 3.05) is 34.9 Å². The molecule has 1 aromatic heterocycles. The van der Waals surface area contributed by atoms with Gasteiger partial charge in [0.1, 0.15) is 0 Å². The molecular formula is C40H51F3N8O5. The van der Waals surface area contributed by atoms with Gasteiger partial charge in [0.15, 0.2) is 0 Å². The van der Waals surface area contributed by atoms with Crippen molar-refractivity contribution in [3.8, 4) is 0 Å². The molecule has 0 unspecified atom stereocenters. The Balaban J connectivity index is 0.000000344. The highest BCUT2D eigenvalue weighted by Crippen LogP contribution is 2.31. The van der Waals surface area contributed by atoms with Gasteiger partial charge in [-0.2, -0.15) is 13.2 Å². The Morgan fingerprint density at radius 2 is 1.57 bits per heavy atom. The SMILES string of the molecule is COC(C)(C)C.Cc1ccc(NC(=O)C2=CC=CCC(C(F)(F)F)=C2)cc1C.N[C@@H](CCCCNC=O)C(=O)Nc1cccc(Nc2ncc(NC=O)cn2)c1. The number of allylic oxidation sites excluding steroid dienone is 4. The molecule has 2 aromatic carbocycles. The van der Waals surface area contributed by atoms with E-state index in [2.05, 4.69) is 36.6 Å². The lowest BCUT2D eigenvalue weighted by Crippen LogP contribution is -2.35. The molecule has 0 spiro atoms. The van der Waals surface area contributed by atoms with E-state index in [1.165, 1.54) is 30.6 Å². The number of unbranched alkanes of at least 4 members (excludes halogenated alkanes) is 1. The van der Waals surface area contributed by atoms with Crippen molar-refractivity contribution >= 4 is 53.3 Å². The number of amides is 4. The van der Waals surface area contributed by atoms with E-state index < -0.39 is 23.7 Å². The van der Waals surface area contributed by atoms with Crippen LogP contribution in [-0.2, 0) is 23.9 Å². The molecule has 0 aliphatic heterocycles. The zero-order chi connectivity index (χ0) is 41.7. The van der Waals surface area contributed by atoms with Crippen LogP contribution in [0.4, 0.5) is 41.9 Å². The monoisotopic (exact) mass is 780 g/mol. The Bertz CT molecular complexity index is 1840. The van der Waals surface area contributed by atoms with Gasteiger partial charge in [0.2, 0.25) is 24.7 Å². The Morgan fingerprint density at radius 3 is 2.18 bits per heavy atom. The van der Waals surface area contributed by atoms with Gasteiger partial charge in [0.25, 0.3) is 5.91 Å². The lowest BCUT2D eigenvalue weighted by molar-refractivity contribution is -0.117. The smallest absolute Gasteiger partial charge is 0.379 e. The minimum Gasteiger partial charge on any atom is -0.379 e. The molecule has 302 valence electrons. The second-order valence-corrected chi connectivity index (χ2v) is 13.4. The molecule has 16 heteroatoms.